The Morgan fingerprint density at radius 3 is 2.52 bits per heavy atom. The third-order valence-electron chi connectivity index (χ3n) is 2.77. The lowest BCUT2D eigenvalue weighted by Gasteiger charge is -2.10. The van der Waals surface area contributed by atoms with Crippen LogP contribution in [0.5, 0.6) is 5.75 Å². The van der Waals surface area contributed by atoms with Crippen molar-refractivity contribution in [3.63, 3.8) is 0 Å². The van der Waals surface area contributed by atoms with Gasteiger partial charge in [0.05, 0.1) is 8.99 Å². The van der Waals surface area contributed by atoms with Gasteiger partial charge in [0.15, 0.2) is 5.96 Å². The highest BCUT2D eigenvalue weighted by molar-refractivity contribution is 14.1. The highest BCUT2D eigenvalue weighted by Crippen LogP contribution is 2.19. The Hall–Kier alpha value is -0.550. The zero-order valence-electron chi connectivity index (χ0n) is 13.1. The van der Waals surface area contributed by atoms with E-state index in [9.17, 15) is 0 Å². The maximum Gasteiger partial charge on any atom is 0.193 e. The number of hydrogen-bond acceptors (Lipinski definition) is 3. The van der Waals surface area contributed by atoms with Crippen LogP contribution in [0.4, 0.5) is 5.69 Å². The molecule has 0 spiro atoms. The van der Waals surface area contributed by atoms with E-state index in [0.29, 0.717) is 12.5 Å². The number of halogens is 2. The van der Waals surface area contributed by atoms with Crippen molar-refractivity contribution < 1.29 is 4.74 Å². The SMILES string of the molecule is CC(C)Oc1ccc(NC(N)=NCCc2ccc(I)s2)cc1.I. The fourth-order valence-electron chi connectivity index (χ4n) is 1.85. The fourth-order valence-corrected chi connectivity index (χ4v) is 3.59. The number of thiophene rings is 1. The van der Waals surface area contributed by atoms with Gasteiger partial charge >= 0.3 is 0 Å². The van der Waals surface area contributed by atoms with E-state index in [1.54, 1.807) is 11.3 Å². The van der Waals surface area contributed by atoms with Gasteiger partial charge in [0.25, 0.3) is 0 Å². The van der Waals surface area contributed by atoms with Gasteiger partial charge in [-0.2, -0.15) is 0 Å². The fraction of sp³-hybridized carbons (Fsp3) is 0.312. The Labute approximate surface area is 172 Å². The third-order valence-corrected chi connectivity index (χ3v) is 4.72. The average molecular weight is 557 g/mol. The van der Waals surface area contributed by atoms with E-state index in [-0.39, 0.29) is 30.1 Å². The van der Waals surface area contributed by atoms with Crippen molar-refractivity contribution in [2.75, 3.05) is 11.9 Å². The van der Waals surface area contributed by atoms with E-state index in [1.807, 2.05) is 38.1 Å². The molecule has 2 aromatic rings. The van der Waals surface area contributed by atoms with Crippen molar-refractivity contribution >= 4 is 69.6 Å². The summed E-state index contributed by atoms with van der Waals surface area (Å²) in [7, 11) is 0. The number of aliphatic imine (C=N–C) groups is 1. The average Bonchev–Trinajstić information content (AvgIpc) is 2.86. The number of nitrogens with two attached hydrogens (primary N) is 1. The van der Waals surface area contributed by atoms with Crippen molar-refractivity contribution in [2.24, 2.45) is 10.7 Å². The molecule has 4 nitrogen and oxygen atoms in total. The molecule has 0 amide bonds. The van der Waals surface area contributed by atoms with E-state index in [4.69, 9.17) is 10.5 Å². The van der Waals surface area contributed by atoms with Crippen LogP contribution in [0.15, 0.2) is 41.4 Å². The molecule has 3 N–H and O–H groups in total. The van der Waals surface area contributed by atoms with Crippen molar-refractivity contribution in [2.45, 2.75) is 26.4 Å². The van der Waals surface area contributed by atoms with E-state index in [2.05, 4.69) is 45.0 Å². The first-order chi connectivity index (χ1) is 10.5. The van der Waals surface area contributed by atoms with Crippen LogP contribution in [-0.4, -0.2) is 18.6 Å². The molecule has 0 aliphatic carbocycles. The maximum absolute atomic E-state index is 5.90. The molecule has 0 saturated carbocycles. The van der Waals surface area contributed by atoms with Crippen molar-refractivity contribution in [1.29, 1.82) is 0 Å². The predicted octanol–water partition coefficient (Wildman–Crippen LogP) is 4.73. The first-order valence-corrected chi connectivity index (χ1v) is 9.00. The number of hydrogen-bond donors (Lipinski definition) is 2. The van der Waals surface area contributed by atoms with Crippen molar-refractivity contribution in [1.82, 2.24) is 0 Å². The molecular formula is C16H21I2N3OS. The minimum Gasteiger partial charge on any atom is -0.491 e. The van der Waals surface area contributed by atoms with Crippen LogP contribution in [0, 0.1) is 2.88 Å². The molecule has 0 saturated heterocycles. The molecule has 0 unspecified atom stereocenters. The molecule has 1 aromatic heterocycles. The van der Waals surface area contributed by atoms with Gasteiger partial charge in [-0.3, -0.25) is 4.99 Å². The summed E-state index contributed by atoms with van der Waals surface area (Å²) >= 11 is 4.12. The van der Waals surface area contributed by atoms with Gasteiger partial charge in [-0.15, -0.1) is 35.3 Å². The standard InChI is InChI=1S/C16H20IN3OS.HI/c1-11(2)21-13-5-3-12(4-6-13)20-16(18)19-10-9-14-7-8-15(17)22-14;/h3-8,11H,9-10H2,1-2H3,(H3,18,19,20);1H. The molecule has 0 radical (unpaired) electrons. The van der Waals surface area contributed by atoms with Gasteiger partial charge in [0, 0.05) is 23.5 Å². The summed E-state index contributed by atoms with van der Waals surface area (Å²) < 4.78 is 6.90. The number of rotatable bonds is 6. The molecule has 0 aliphatic rings. The molecule has 7 heteroatoms. The normalized spacial score (nSPS) is 11.2. The Balaban J connectivity index is 0.00000264. The molecule has 0 atom stereocenters. The molecular weight excluding hydrogens is 536 g/mol. The number of nitrogens with one attached hydrogen (secondary N) is 1. The number of nitrogens with zero attached hydrogens (tertiary/aromatic N) is 1. The summed E-state index contributed by atoms with van der Waals surface area (Å²) in [5.74, 6) is 1.28. The van der Waals surface area contributed by atoms with Crippen molar-refractivity contribution in [3.8, 4) is 5.75 Å². The quantitative estimate of drug-likeness (QED) is 0.307. The van der Waals surface area contributed by atoms with Gasteiger partial charge < -0.3 is 15.8 Å². The van der Waals surface area contributed by atoms with Crippen LogP contribution in [0.2, 0.25) is 0 Å². The second kappa shape index (κ2) is 10.3. The van der Waals surface area contributed by atoms with Crippen LogP contribution < -0.4 is 15.8 Å². The Bertz CT molecular complexity index is 627. The lowest BCUT2D eigenvalue weighted by Crippen LogP contribution is -2.23. The maximum atomic E-state index is 5.90. The summed E-state index contributed by atoms with van der Waals surface area (Å²) in [5, 5.41) is 3.09. The zero-order chi connectivity index (χ0) is 15.9. The van der Waals surface area contributed by atoms with E-state index < -0.39 is 0 Å². The topological polar surface area (TPSA) is 59.6 Å². The number of benzene rings is 1. The largest absolute Gasteiger partial charge is 0.491 e. The van der Waals surface area contributed by atoms with Gasteiger partial charge in [-0.25, -0.2) is 0 Å². The van der Waals surface area contributed by atoms with Gasteiger partial charge in [0.1, 0.15) is 5.75 Å². The summed E-state index contributed by atoms with van der Waals surface area (Å²) in [6, 6.07) is 12.0. The molecule has 1 heterocycles. The summed E-state index contributed by atoms with van der Waals surface area (Å²) in [4.78, 5) is 5.68. The molecule has 23 heavy (non-hydrogen) atoms. The lowest BCUT2D eigenvalue weighted by molar-refractivity contribution is 0.242. The van der Waals surface area contributed by atoms with Crippen LogP contribution in [0.25, 0.3) is 0 Å². The van der Waals surface area contributed by atoms with Crippen LogP contribution in [0.1, 0.15) is 18.7 Å². The third kappa shape index (κ3) is 7.71. The monoisotopic (exact) mass is 557 g/mol. The first-order valence-electron chi connectivity index (χ1n) is 7.11. The molecule has 2 rings (SSSR count). The van der Waals surface area contributed by atoms with E-state index >= 15 is 0 Å². The number of guanidine groups is 1. The Kier molecular flexibility index (Phi) is 9.22. The van der Waals surface area contributed by atoms with Crippen LogP contribution in [-0.2, 0) is 6.42 Å². The van der Waals surface area contributed by atoms with Gasteiger partial charge in [-0.1, -0.05) is 0 Å². The van der Waals surface area contributed by atoms with Crippen molar-refractivity contribution in [3.05, 3.63) is 44.2 Å². The predicted molar refractivity (Wildman–Crippen MR) is 118 cm³/mol. The molecule has 0 aliphatic heterocycles. The molecule has 0 fully saturated rings. The van der Waals surface area contributed by atoms with Crippen LogP contribution in [0.3, 0.4) is 0 Å². The first kappa shape index (κ1) is 20.5. The summed E-state index contributed by atoms with van der Waals surface area (Å²) in [6.45, 7) is 4.70. The van der Waals surface area contributed by atoms with Gasteiger partial charge in [-0.05, 0) is 72.8 Å². The summed E-state index contributed by atoms with van der Waals surface area (Å²) in [6.07, 6.45) is 1.09. The second-order valence-electron chi connectivity index (χ2n) is 5.04. The molecule has 0 bridgehead atoms. The minimum atomic E-state index is 0. The zero-order valence-corrected chi connectivity index (χ0v) is 18.4. The number of ether oxygens (including phenoxy) is 1. The summed E-state index contributed by atoms with van der Waals surface area (Å²) in [5.41, 5.74) is 6.81. The smallest absolute Gasteiger partial charge is 0.193 e. The Morgan fingerprint density at radius 1 is 1.26 bits per heavy atom. The van der Waals surface area contributed by atoms with E-state index in [1.165, 1.54) is 7.76 Å². The second-order valence-corrected chi connectivity index (χ2v) is 8.10. The minimum absolute atomic E-state index is 0. The van der Waals surface area contributed by atoms with Gasteiger partial charge in [0.2, 0.25) is 0 Å². The molecule has 1 aromatic carbocycles. The highest BCUT2D eigenvalue weighted by Gasteiger charge is 2.00. The molecule has 126 valence electrons. The Morgan fingerprint density at radius 2 is 1.96 bits per heavy atom. The highest BCUT2D eigenvalue weighted by atomic mass is 127. The van der Waals surface area contributed by atoms with E-state index in [0.717, 1.165) is 17.9 Å². The van der Waals surface area contributed by atoms with Crippen LogP contribution >= 0.6 is 57.9 Å². The lowest BCUT2D eigenvalue weighted by atomic mass is 10.3. The number of anilines is 1.